The van der Waals surface area contributed by atoms with Gasteiger partial charge in [-0.2, -0.15) is 0 Å². The van der Waals surface area contributed by atoms with E-state index in [9.17, 15) is 9.59 Å². The smallest absolute Gasteiger partial charge is 0.309 e. The van der Waals surface area contributed by atoms with E-state index in [2.05, 4.69) is 46.2 Å². The molecule has 1 N–H and O–H groups in total. The van der Waals surface area contributed by atoms with Crippen LogP contribution in [0.2, 0.25) is 0 Å². The molecule has 1 saturated heterocycles. The minimum atomic E-state index is -0.474. The number of benzene rings is 1. The van der Waals surface area contributed by atoms with Crippen molar-refractivity contribution < 1.29 is 14.3 Å². The van der Waals surface area contributed by atoms with Gasteiger partial charge < -0.3 is 14.5 Å². The zero-order valence-electron chi connectivity index (χ0n) is 21.1. The Kier molecular flexibility index (Phi) is 7.20. The molecule has 4 rings (SSSR count). The summed E-state index contributed by atoms with van der Waals surface area (Å²) < 4.78 is 12.5. The Labute approximate surface area is 204 Å². The highest BCUT2D eigenvalue weighted by Gasteiger charge is 2.37. The summed E-state index contributed by atoms with van der Waals surface area (Å²) in [5, 5.41) is 13.6. The van der Waals surface area contributed by atoms with Gasteiger partial charge in [-0.15, -0.1) is 5.10 Å². The lowest BCUT2D eigenvalue weighted by atomic mass is 9.93. The number of carbonyl (C=O) groups excluding carboxylic acids is 1. The summed E-state index contributed by atoms with van der Waals surface area (Å²) in [5.41, 5.74) is 0.757. The first kappa shape index (κ1) is 24.8. The second-order valence-corrected chi connectivity index (χ2v) is 9.59. The average Bonchev–Trinajstić information content (AvgIpc) is 3.35. The number of aromatic amines is 1. The van der Waals surface area contributed by atoms with Gasteiger partial charge in [0, 0.05) is 29.6 Å². The molecule has 1 aliphatic rings. The van der Waals surface area contributed by atoms with Crippen LogP contribution in [0.15, 0.2) is 29.1 Å². The second-order valence-electron chi connectivity index (χ2n) is 9.59. The zero-order chi connectivity index (χ0) is 25.2. The number of fused-ring (bicyclic) bond motifs is 1. The van der Waals surface area contributed by atoms with E-state index in [1.807, 2.05) is 35.9 Å². The Hall–Kier alpha value is -3.27. The Morgan fingerprint density at radius 3 is 2.63 bits per heavy atom. The van der Waals surface area contributed by atoms with E-state index in [4.69, 9.17) is 9.47 Å². The SMILES string of the molecule is CCOC(=O)C1CCN([C@@H](c2cc3cc(OC)ccc3[nH]c2=O)c2nnnn2C(C)(C)CC)CC1. The van der Waals surface area contributed by atoms with E-state index in [0.29, 0.717) is 49.7 Å². The largest absolute Gasteiger partial charge is 0.497 e. The van der Waals surface area contributed by atoms with Crippen LogP contribution >= 0.6 is 0 Å². The molecule has 10 heteroatoms. The quantitative estimate of drug-likeness (QED) is 0.487. The number of hydrogen-bond donors (Lipinski definition) is 1. The van der Waals surface area contributed by atoms with Crippen LogP contribution in [0.1, 0.15) is 64.4 Å². The van der Waals surface area contributed by atoms with Crippen molar-refractivity contribution in [3.05, 3.63) is 46.0 Å². The molecule has 3 aromatic rings. The molecule has 0 radical (unpaired) electrons. The number of methoxy groups -OCH3 is 1. The van der Waals surface area contributed by atoms with Crippen LogP contribution in [0.25, 0.3) is 10.9 Å². The van der Waals surface area contributed by atoms with Crippen LogP contribution in [0.4, 0.5) is 0 Å². The number of aromatic nitrogens is 5. The first-order valence-corrected chi connectivity index (χ1v) is 12.2. The normalized spacial score (nSPS) is 16.4. The molecule has 0 amide bonds. The Morgan fingerprint density at radius 1 is 1.23 bits per heavy atom. The van der Waals surface area contributed by atoms with Crippen molar-refractivity contribution in [2.75, 3.05) is 26.8 Å². The van der Waals surface area contributed by atoms with E-state index in [1.165, 1.54) is 0 Å². The van der Waals surface area contributed by atoms with E-state index in [-0.39, 0.29) is 23.0 Å². The van der Waals surface area contributed by atoms with Crippen molar-refractivity contribution in [3.63, 3.8) is 0 Å². The highest BCUT2D eigenvalue weighted by atomic mass is 16.5. The molecule has 0 spiro atoms. The highest BCUT2D eigenvalue weighted by molar-refractivity contribution is 5.80. The van der Waals surface area contributed by atoms with Crippen LogP contribution in [0.3, 0.4) is 0 Å². The van der Waals surface area contributed by atoms with Gasteiger partial charge in [0.1, 0.15) is 11.8 Å². The summed E-state index contributed by atoms with van der Waals surface area (Å²) in [5.74, 6) is 1.02. The molecule has 188 valence electrons. The van der Waals surface area contributed by atoms with Crippen molar-refractivity contribution in [1.82, 2.24) is 30.1 Å². The van der Waals surface area contributed by atoms with E-state index >= 15 is 0 Å². The van der Waals surface area contributed by atoms with Gasteiger partial charge in [0.05, 0.1) is 25.2 Å². The number of esters is 1. The molecule has 1 aromatic carbocycles. The molecule has 0 aliphatic carbocycles. The summed E-state index contributed by atoms with van der Waals surface area (Å²) in [4.78, 5) is 30.9. The predicted octanol–water partition coefficient (Wildman–Crippen LogP) is 3.03. The van der Waals surface area contributed by atoms with Crippen molar-refractivity contribution in [2.24, 2.45) is 5.92 Å². The topological polar surface area (TPSA) is 115 Å². The lowest BCUT2D eigenvalue weighted by molar-refractivity contribution is -0.149. The van der Waals surface area contributed by atoms with Crippen molar-refractivity contribution in [3.8, 4) is 5.75 Å². The highest BCUT2D eigenvalue weighted by Crippen LogP contribution is 2.34. The van der Waals surface area contributed by atoms with Crippen molar-refractivity contribution >= 4 is 16.9 Å². The molecule has 1 atom stereocenters. The van der Waals surface area contributed by atoms with E-state index in [1.54, 1.807) is 7.11 Å². The van der Waals surface area contributed by atoms with Crippen molar-refractivity contribution in [2.45, 2.75) is 58.5 Å². The van der Waals surface area contributed by atoms with Gasteiger partial charge in [-0.1, -0.05) is 6.92 Å². The lowest BCUT2D eigenvalue weighted by Gasteiger charge is -2.37. The molecule has 2 aromatic heterocycles. The minimum Gasteiger partial charge on any atom is -0.497 e. The summed E-state index contributed by atoms with van der Waals surface area (Å²) in [6, 6.07) is 6.98. The molecule has 1 fully saturated rings. The van der Waals surface area contributed by atoms with Gasteiger partial charge in [-0.25, -0.2) is 4.68 Å². The van der Waals surface area contributed by atoms with Crippen LogP contribution < -0.4 is 10.3 Å². The first-order chi connectivity index (χ1) is 16.8. The fourth-order valence-corrected chi connectivity index (χ4v) is 4.63. The number of likely N-dealkylation sites (tertiary alicyclic amines) is 1. The maximum Gasteiger partial charge on any atom is 0.309 e. The predicted molar refractivity (Wildman–Crippen MR) is 131 cm³/mol. The Morgan fingerprint density at radius 2 is 1.97 bits per heavy atom. The number of tetrazole rings is 1. The van der Waals surface area contributed by atoms with Crippen LogP contribution in [0.5, 0.6) is 5.75 Å². The standard InChI is InChI=1S/C25H34N6O4/c1-6-25(3,4)31-22(27-28-29-31)21(30-12-10-16(11-13-30)24(33)35-7-2)19-15-17-14-18(34-5)8-9-20(17)26-23(19)32/h8-9,14-16,21H,6-7,10-13H2,1-5H3,(H,26,32)/t21-/m0/s1. The summed E-state index contributed by atoms with van der Waals surface area (Å²) in [6.07, 6.45) is 2.11. The number of piperidine rings is 1. The molecular weight excluding hydrogens is 448 g/mol. The van der Waals surface area contributed by atoms with Crippen LogP contribution in [-0.2, 0) is 15.1 Å². The number of ether oxygens (including phenoxy) is 2. The zero-order valence-corrected chi connectivity index (χ0v) is 21.1. The lowest BCUT2D eigenvalue weighted by Crippen LogP contribution is -2.43. The third-order valence-corrected chi connectivity index (χ3v) is 7.07. The van der Waals surface area contributed by atoms with Crippen molar-refractivity contribution in [1.29, 1.82) is 0 Å². The third kappa shape index (κ3) is 4.93. The molecule has 10 nitrogen and oxygen atoms in total. The number of carbonyl (C=O) groups is 1. The Bertz CT molecular complexity index is 1240. The van der Waals surface area contributed by atoms with Gasteiger partial charge in [0.15, 0.2) is 5.82 Å². The van der Waals surface area contributed by atoms with Crippen LogP contribution in [0, 0.1) is 5.92 Å². The Balaban J connectivity index is 1.80. The number of nitrogens with one attached hydrogen (secondary N) is 1. The van der Waals surface area contributed by atoms with E-state index in [0.717, 1.165) is 17.3 Å². The summed E-state index contributed by atoms with van der Waals surface area (Å²) in [6.45, 7) is 9.66. The van der Waals surface area contributed by atoms with Crippen LogP contribution in [-0.4, -0.2) is 62.9 Å². The number of rotatable bonds is 8. The molecule has 0 bridgehead atoms. The number of nitrogens with zero attached hydrogens (tertiary/aromatic N) is 5. The maximum atomic E-state index is 13.4. The summed E-state index contributed by atoms with van der Waals surface area (Å²) in [7, 11) is 1.62. The van der Waals surface area contributed by atoms with Gasteiger partial charge in [0.2, 0.25) is 0 Å². The molecule has 1 aliphatic heterocycles. The number of hydrogen-bond acceptors (Lipinski definition) is 8. The average molecular weight is 483 g/mol. The van der Waals surface area contributed by atoms with Gasteiger partial charge >= 0.3 is 5.97 Å². The maximum absolute atomic E-state index is 13.4. The summed E-state index contributed by atoms with van der Waals surface area (Å²) >= 11 is 0. The third-order valence-electron chi connectivity index (χ3n) is 7.07. The number of H-pyrrole nitrogens is 1. The van der Waals surface area contributed by atoms with E-state index < -0.39 is 6.04 Å². The fourth-order valence-electron chi connectivity index (χ4n) is 4.63. The molecule has 0 unspecified atom stereocenters. The first-order valence-electron chi connectivity index (χ1n) is 12.2. The fraction of sp³-hybridized carbons (Fsp3) is 0.560. The van der Waals surface area contributed by atoms with Gasteiger partial charge in [-0.3, -0.25) is 14.5 Å². The van der Waals surface area contributed by atoms with Gasteiger partial charge in [-0.05, 0) is 74.7 Å². The molecule has 0 saturated carbocycles. The number of pyridine rings is 1. The monoisotopic (exact) mass is 482 g/mol. The molecular formula is C25H34N6O4. The molecule has 35 heavy (non-hydrogen) atoms. The van der Waals surface area contributed by atoms with Gasteiger partial charge in [0.25, 0.3) is 5.56 Å². The minimum absolute atomic E-state index is 0.144. The molecule has 3 heterocycles. The second kappa shape index (κ2) is 10.2.